The molecule has 1 saturated heterocycles. The van der Waals surface area contributed by atoms with E-state index in [-0.39, 0.29) is 30.2 Å². The molecule has 2 heterocycles. The highest BCUT2D eigenvalue weighted by atomic mass is 19.1. The number of halogens is 1. The molecule has 1 aliphatic rings. The number of rotatable bonds is 4. The molecule has 0 aliphatic carbocycles. The quantitative estimate of drug-likeness (QED) is 0.917. The zero-order valence-electron chi connectivity index (χ0n) is 14.6. The fraction of sp³-hybridized carbons (Fsp3) is 0.444. The number of carbonyl (C=O) groups is 1. The second-order valence-corrected chi connectivity index (χ2v) is 6.39. The summed E-state index contributed by atoms with van der Waals surface area (Å²) in [7, 11) is 1.58. The van der Waals surface area contributed by atoms with E-state index in [4.69, 9.17) is 4.74 Å². The van der Waals surface area contributed by atoms with Crippen molar-refractivity contribution in [3.8, 4) is 5.69 Å². The molecule has 1 aromatic carbocycles. The van der Waals surface area contributed by atoms with Gasteiger partial charge in [0.15, 0.2) is 0 Å². The highest BCUT2D eigenvalue weighted by molar-refractivity contribution is 5.95. The SMILES string of the molecule is CO[C@@H]1C[C@@H](CO)N(C(=O)c2ccc(-n3nc(C)cc3C)c(F)c2)C1. The molecule has 0 saturated carbocycles. The smallest absolute Gasteiger partial charge is 0.254 e. The van der Waals surface area contributed by atoms with Gasteiger partial charge in [0.05, 0.1) is 24.4 Å². The van der Waals surface area contributed by atoms with Crippen molar-refractivity contribution >= 4 is 5.91 Å². The topological polar surface area (TPSA) is 67.6 Å². The largest absolute Gasteiger partial charge is 0.394 e. The van der Waals surface area contributed by atoms with Gasteiger partial charge in [0.25, 0.3) is 5.91 Å². The van der Waals surface area contributed by atoms with Crippen LogP contribution in [0.3, 0.4) is 0 Å². The fourth-order valence-electron chi connectivity index (χ4n) is 3.32. The Morgan fingerprint density at radius 2 is 2.16 bits per heavy atom. The van der Waals surface area contributed by atoms with E-state index in [1.807, 2.05) is 19.9 Å². The first kappa shape index (κ1) is 17.6. The van der Waals surface area contributed by atoms with Gasteiger partial charge in [-0.1, -0.05) is 0 Å². The van der Waals surface area contributed by atoms with Gasteiger partial charge >= 0.3 is 0 Å². The van der Waals surface area contributed by atoms with Crippen LogP contribution in [0, 0.1) is 19.7 Å². The molecule has 134 valence electrons. The maximum atomic E-state index is 14.6. The van der Waals surface area contributed by atoms with Gasteiger partial charge in [0, 0.05) is 24.9 Å². The molecule has 3 rings (SSSR count). The molecule has 7 heteroatoms. The number of nitrogens with zero attached hydrogens (tertiary/aromatic N) is 3. The molecule has 0 spiro atoms. The third-order valence-electron chi connectivity index (χ3n) is 4.61. The van der Waals surface area contributed by atoms with Gasteiger partial charge in [-0.3, -0.25) is 4.79 Å². The van der Waals surface area contributed by atoms with Crippen molar-refractivity contribution in [3.05, 3.63) is 47.0 Å². The summed E-state index contributed by atoms with van der Waals surface area (Å²) in [6, 6.07) is 5.92. The van der Waals surface area contributed by atoms with E-state index in [9.17, 15) is 14.3 Å². The highest BCUT2D eigenvalue weighted by Crippen LogP contribution is 2.24. The number of aryl methyl sites for hydroxylation is 2. The second kappa shape index (κ2) is 6.93. The maximum absolute atomic E-state index is 14.6. The van der Waals surface area contributed by atoms with Crippen LogP contribution >= 0.6 is 0 Å². The van der Waals surface area contributed by atoms with Crippen LogP contribution in [0.25, 0.3) is 5.69 Å². The second-order valence-electron chi connectivity index (χ2n) is 6.39. The lowest BCUT2D eigenvalue weighted by molar-refractivity contribution is 0.0647. The summed E-state index contributed by atoms with van der Waals surface area (Å²) < 4.78 is 21.4. The molecule has 25 heavy (non-hydrogen) atoms. The van der Waals surface area contributed by atoms with Crippen LogP contribution in [0.2, 0.25) is 0 Å². The number of aliphatic hydroxyl groups excluding tert-OH is 1. The first-order valence-corrected chi connectivity index (χ1v) is 8.22. The number of aliphatic hydroxyl groups is 1. The standard InChI is InChI=1S/C18H22FN3O3/c1-11-6-12(2)22(20-11)17-5-4-13(7-16(17)19)18(24)21-9-15(25-3)8-14(21)10-23/h4-7,14-15,23H,8-10H2,1-3H3/t14-,15+/m0/s1. The van der Waals surface area contributed by atoms with Crippen LogP contribution in [0.4, 0.5) is 4.39 Å². The molecule has 1 fully saturated rings. The average Bonchev–Trinajstić information content (AvgIpc) is 3.16. The summed E-state index contributed by atoms with van der Waals surface area (Å²) in [5, 5.41) is 13.8. The summed E-state index contributed by atoms with van der Waals surface area (Å²) in [6.45, 7) is 3.94. The van der Waals surface area contributed by atoms with Crippen molar-refractivity contribution in [2.45, 2.75) is 32.4 Å². The Labute approximate surface area is 145 Å². The van der Waals surface area contributed by atoms with Gasteiger partial charge in [-0.25, -0.2) is 9.07 Å². The summed E-state index contributed by atoms with van der Waals surface area (Å²) >= 11 is 0. The molecule has 0 unspecified atom stereocenters. The lowest BCUT2D eigenvalue weighted by Gasteiger charge is -2.23. The van der Waals surface area contributed by atoms with E-state index in [1.165, 1.54) is 10.7 Å². The van der Waals surface area contributed by atoms with E-state index in [1.54, 1.807) is 24.1 Å². The Balaban J connectivity index is 1.87. The minimum Gasteiger partial charge on any atom is -0.394 e. The Morgan fingerprint density at radius 1 is 1.40 bits per heavy atom. The van der Waals surface area contributed by atoms with Crippen molar-refractivity contribution in [2.75, 3.05) is 20.3 Å². The number of benzene rings is 1. The molecule has 1 aromatic heterocycles. The first-order valence-electron chi connectivity index (χ1n) is 8.22. The molecule has 1 aliphatic heterocycles. The molecular weight excluding hydrogens is 325 g/mol. The summed E-state index contributed by atoms with van der Waals surface area (Å²) in [4.78, 5) is 14.3. The minimum atomic E-state index is -0.514. The number of methoxy groups -OCH3 is 1. The molecule has 2 atom stereocenters. The van der Waals surface area contributed by atoms with E-state index in [0.29, 0.717) is 18.7 Å². The van der Waals surface area contributed by atoms with Crippen LogP contribution in [0.15, 0.2) is 24.3 Å². The zero-order valence-corrected chi connectivity index (χ0v) is 14.6. The van der Waals surface area contributed by atoms with Crippen LogP contribution in [0.5, 0.6) is 0 Å². The molecule has 0 radical (unpaired) electrons. The zero-order chi connectivity index (χ0) is 18.1. The first-order chi connectivity index (χ1) is 11.9. The lowest BCUT2D eigenvalue weighted by atomic mass is 10.1. The predicted octanol–water partition coefficient (Wildman–Crippen LogP) is 1.85. The van der Waals surface area contributed by atoms with Crippen LogP contribution < -0.4 is 0 Å². The van der Waals surface area contributed by atoms with E-state index < -0.39 is 5.82 Å². The number of hydrogen-bond donors (Lipinski definition) is 1. The molecule has 0 bridgehead atoms. The molecular formula is C18H22FN3O3. The van der Waals surface area contributed by atoms with Crippen molar-refractivity contribution in [1.82, 2.24) is 14.7 Å². The van der Waals surface area contributed by atoms with Crippen molar-refractivity contribution in [3.63, 3.8) is 0 Å². The van der Waals surface area contributed by atoms with Crippen LogP contribution in [-0.2, 0) is 4.74 Å². The Hall–Kier alpha value is -2.25. The number of hydrogen-bond acceptors (Lipinski definition) is 4. The number of likely N-dealkylation sites (tertiary alicyclic amines) is 1. The summed E-state index contributed by atoms with van der Waals surface area (Å²) in [5.74, 6) is -0.822. The van der Waals surface area contributed by atoms with E-state index >= 15 is 0 Å². The number of amides is 1. The van der Waals surface area contributed by atoms with Gasteiger partial charge in [-0.15, -0.1) is 0 Å². The Kier molecular flexibility index (Phi) is 4.87. The average molecular weight is 347 g/mol. The molecule has 6 nitrogen and oxygen atoms in total. The Morgan fingerprint density at radius 3 is 2.72 bits per heavy atom. The van der Waals surface area contributed by atoms with E-state index in [0.717, 1.165) is 11.4 Å². The van der Waals surface area contributed by atoms with Gasteiger partial charge in [0.1, 0.15) is 11.5 Å². The van der Waals surface area contributed by atoms with Gasteiger partial charge in [-0.2, -0.15) is 5.10 Å². The molecule has 2 aromatic rings. The van der Waals surface area contributed by atoms with Gasteiger partial charge in [0.2, 0.25) is 0 Å². The van der Waals surface area contributed by atoms with Gasteiger partial charge < -0.3 is 14.7 Å². The number of carbonyl (C=O) groups excluding carboxylic acids is 1. The molecule has 1 amide bonds. The fourth-order valence-corrected chi connectivity index (χ4v) is 3.32. The van der Waals surface area contributed by atoms with Crippen molar-refractivity contribution < 1.29 is 19.0 Å². The number of aromatic nitrogens is 2. The summed E-state index contributed by atoms with van der Waals surface area (Å²) in [6.07, 6.45) is 0.463. The van der Waals surface area contributed by atoms with Crippen LogP contribution in [0.1, 0.15) is 28.2 Å². The van der Waals surface area contributed by atoms with E-state index in [2.05, 4.69) is 5.10 Å². The highest BCUT2D eigenvalue weighted by Gasteiger charge is 2.35. The summed E-state index contributed by atoms with van der Waals surface area (Å²) in [5.41, 5.74) is 2.17. The maximum Gasteiger partial charge on any atom is 0.254 e. The Bertz CT molecular complexity index is 790. The van der Waals surface area contributed by atoms with Crippen LogP contribution in [-0.4, -0.2) is 58.1 Å². The third-order valence-corrected chi connectivity index (χ3v) is 4.61. The monoisotopic (exact) mass is 347 g/mol. The third kappa shape index (κ3) is 3.29. The lowest BCUT2D eigenvalue weighted by Crippen LogP contribution is -2.38. The normalized spacial score (nSPS) is 20.3. The minimum absolute atomic E-state index is 0.111. The van der Waals surface area contributed by atoms with Gasteiger partial charge in [-0.05, 0) is 44.5 Å². The van der Waals surface area contributed by atoms with Crippen molar-refractivity contribution in [1.29, 1.82) is 0 Å². The predicted molar refractivity (Wildman–Crippen MR) is 90.3 cm³/mol. The number of ether oxygens (including phenoxy) is 1. The van der Waals surface area contributed by atoms with Crippen molar-refractivity contribution in [2.24, 2.45) is 0 Å². The molecule has 1 N–H and O–H groups in total.